The van der Waals surface area contributed by atoms with Crippen molar-refractivity contribution < 1.29 is 4.79 Å². The number of nitrogens with zero attached hydrogens (tertiary/aromatic N) is 1. The van der Waals surface area contributed by atoms with Gasteiger partial charge in [-0.3, -0.25) is 4.79 Å². The van der Waals surface area contributed by atoms with Gasteiger partial charge in [0.15, 0.2) is 0 Å². The predicted octanol–water partition coefficient (Wildman–Crippen LogP) is 4.37. The molecule has 0 N–H and O–H groups in total. The third-order valence-electron chi connectivity index (χ3n) is 4.07. The van der Waals surface area contributed by atoms with E-state index in [0.29, 0.717) is 6.04 Å². The Hall–Kier alpha value is -0.830. The minimum absolute atomic E-state index is 0.00800. The number of carbonyl (C=O) groups excluding carboxylic acids is 1. The molecule has 0 spiro atoms. The van der Waals surface area contributed by atoms with Crippen LogP contribution in [0.25, 0.3) is 0 Å². The van der Waals surface area contributed by atoms with Gasteiger partial charge in [-0.2, -0.15) is 0 Å². The second-order valence-corrected chi connectivity index (χ2v) is 7.36. The molecule has 2 rings (SSSR count). The standard InChI is InChI=1S/C17H24BrNO/c1-17(2,3)15-10-5-4-9-14(15)16(20)19(12-11-18)13-7-6-8-13/h4-5,9-10,13H,6-8,11-12H2,1-3H3. The van der Waals surface area contributed by atoms with Gasteiger partial charge in [0, 0.05) is 23.5 Å². The summed E-state index contributed by atoms with van der Waals surface area (Å²) in [5.74, 6) is 0.194. The molecule has 0 aromatic heterocycles. The number of hydrogen-bond acceptors (Lipinski definition) is 1. The van der Waals surface area contributed by atoms with Crippen molar-refractivity contribution in [2.45, 2.75) is 51.5 Å². The third-order valence-corrected chi connectivity index (χ3v) is 4.42. The maximum absolute atomic E-state index is 12.9. The summed E-state index contributed by atoms with van der Waals surface area (Å²) in [7, 11) is 0. The normalized spacial score (nSPS) is 15.8. The summed E-state index contributed by atoms with van der Waals surface area (Å²) in [6.45, 7) is 7.29. The van der Waals surface area contributed by atoms with Crippen molar-refractivity contribution in [1.82, 2.24) is 4.90 Å². The highest BCUT2D eigenvalue weighted by Crippen LogP contribution is 2.30. The van der Waals surface area contributed by atoms with Crippen LogP contribution in [-0.2, 0) is 5.41 Å². The number of carbonyl (C=O) groups is 1. The van der Waals surface area contributed by atoms with Crippen molar-refractivity contribution in [2.75, 3.05) is 11.9 Å². The van der Waals surface area contributed by atoms with E-state index in [1.165, 1.54) is 6.42 Å². The summed E-state index contributed by atoms with van der Waals surface area (Å²) < 4.78 is 0. The fourth-order valence-corrected chi connectivity index (χ4v) is 3.10. The molecule has 0 aliphatic heterocycles. The lowest BCUT2D eigenvalue weighted by Gasteiger charge is -2.38. The average Bonchev–Trinajstić information content (AvgIpc) is 2.34. The molecular weight excluding hydrogens is 314 g/mol. The van der Waals surface area contributed by atoms with Gasteiger partial charge in [0.1, 0.15) is 0 Å². The molecule has 1 aliphatic rings. The maximum Gasteiger partial charge on any atom is 0.254 e. The molecule has 0 saturated heterocycles. The van der Waals surface area contributed by atoms with Crippen molar-refractivity contribution in [2.24, 2.45) is 0 Å². The zero-order valence-electron chi connectivity index (χ0n) is 12.7. The summed E-state index contributed by atoms with van der Waals surface area (Å²) in [5.41, 5.74) is 2.00. The van der Waals surface area contributed by atoms with Crippen LogP contribution in [0.5, 0.6) is 0 Å². The Balaban J connectivity index is 2.31. The molecule has 3 heteroatoms. The van der Waals surface area contributed by atoms with Gasteiger partial charge >= 0.3 is 0 Å². The maximum atomic E-state index is 12.9. The van der Waals surface area contributed by atoms with Gasteiger partial charge in [-0.05, 0) is 36.3 Å². The minimum Gasteiger partial charge on any atom is -0.335 e. The van der Waals surface area contributed by atoms with Crippen LogP contribution in [0.4, 0.5) is 0 Å². The summed E-state index contributed by atoms with van der Waals surface area (Å²) in [5, 5.41) is 0.840. The molecule has 2 nitrogen and oxygen atoms in total. The van der Waals surface area contributed by atoms with E-state index in [-0.39, 0.29) is 11.3 Å². The fourth-order valence-electron chi connectivity index (χ4n) is 2.72. The van der Waals surface area contributed by atoms with Crippen LogP contribution >= 0.6 is 15.9 Å². The Morgan fingerprint density at radius 1 is 1.30 bits per heavy atom. The van der Waals surface area contributed by atoms with E-state index in [9.17, 15) is 4.79 Å². The predicted molar refractivity (Wildman–Crippen MR) is 87.6 cm³/mol. The number of amides is 1. The van der Waals surface area contributed by atoms with Crippen LogP contribution in [0, 0.1) is 0 Å². The molecule has 20 heavy (non-hydrogen) atoms. The Morgan fingerprint density at radius 3 is 2.45 bits per heavy atom. The zero-order chi connectivity index (χ0) is 14.8. The SMILES string of the molecule is CC(C)(C)c1ccccc1C(=O)N(CCBr)C1CCC1. The highest BCUT2D eigenvalue weighted by atomic mass is 79.9. The van der Waals surface area contributed by atoms with Crippen molar-refractivity contribution >= 4 is 21.8 Å². The molecule has 1 fully saturated rings. The molecule has 0 radical (unpaired) electrons. The highest BCUT2D eigenvalue weighted by Gasteiger charge is 2.31. The first kappa shape index (κ1) is 15.6. The van der Waals surface area contributed by atoms with E-state index in [1.54, 1.807) is 0 Å². The summed E-state index contributed by atoms with van der Waals surface area (Å²) in [6, 6.07) is 8.49. The lowest BCUT2D eigenvalue weighted by atomic mass is 9.83. The van der Waals surface area contributed by atoms with Gasteiger partial charge in [0.25, 0.3) is 5.91 Å². The number of halogens is 1. The number of alkyl halides is 1. The molecule has 1 amide bonds. The lowest BCUT2D eigenvalue weighted by molar-refractivity contribution is 0.0597. The van der Waals surface area contributed by atoms with Gasteiger partial charge < -0.3 is 4.90 Å². The molecule has 1 saturated carbocycles. The number of hydrogen-bond donors (Lipinski definition) is 0. The summed E-state index contributed by atoms with van der Waals surface area (Å²) in [4.78, 5) is 15.0. The Bertz CT molecular complexity index is 474. The van der Waals surface area contributed by atoms with Crippen LogP contribution in [0.15, 0.2) is 24.3 Å². The van der Waals surface area contributed by atoms with E-state index in [0.717, 1.165) is 35.8 Å². The Kier molecular flexibility index (Phi) is 4.90. The largest absolute Gasteiger partial charge is 0.335 e. The molecule has 1 aliphatic carbocycles. The minimum atomic E-state index is -0.00800. The first-order valence-corrected chi connectivity index (χ1v) is 8.53. The van der Waals surface area contributed by atoms with E-state index >= 15 is 0 Å². The topological polar surface area (TPSA) is 20.3 Å². The molecule has 110 valence electrons. The van der Waals surface area contributed by atoms with E-state index in [4.69, 9.17) is 0 Å². The van der Waals surface area contributed by atoms with Gasteiger partial charge in [0.2, 0.25) is 0 Å². The molecule has 0 heterocycles. The first-order chi connectivity index (χ1) is 9.45. The zero-order valence-corrected chi connectivity index (χ0v) is 14.2. The smallest absolute Gasteiger partial charge is 0.254 e. The number of benzene rings is 1. The molecule has 1 aromatic carbocycles. The molecule has 0 unspecified atom stereocenters. The van der Waals surface area contributed by atoms with Gasteiger partial charge in [-0.15, -0.1) is 0 Å². The lowest BCUT2D eigenvalue weighted by Crippen LogP contribution is -2.45. The quantitative estimate of drug-likeness (QED) is 0.747. The number of rotatable bonds is 4. The summed E-state index contributed by atoms with van der Waals surface area (Å²) in [6.07, 6.45) is 3.55. The van der Waals surface area contributed by atoms with Crippen LogP contribution in [-0.4, -0.2) is 28.7 Å². The van der Waals surface area contributed by atoms with Crippen LogP contribution in [0.3, 0.4) is 0 Å². The molecular formula is C17H24BrNO. The van der Waals surface area contributed by atoms with Gasteiger partial charge in [0.05, 0.1) is 0 Å². The van der Waals surface area contributed by atoms with Crippen molar-refractivity contribution in [3.8, 4) is 0 Å². The van der Waals surface area contributed by atoms with Crippen LogP contribution in [0.2, 0.25) is 0 Å². The summed E-state index contributed by atoms with van der Waals surface area (Å²) >= 11 is 3.48. The van der Waals surface area contributed by atoms with Crippen LogP contribution < -0.4 is 0 Å². The van der Waals surface area contributed by atoms with Crippen molar-refractivity contribution in [1.29, 1.82) is 0 Å². The second kappa shape index (κ2) is 6.30. The van der Waals surface area contributed by atoms with E-state index < -0.39 is 0 Å². The fraction of sp³-hybridized carbons (Fsp3) is 0.588. The van der Waals surface area contributed by atoms with Crippen LogP contribution in [0.1, 0.15) is 56.0 Å². The van der Waals surface area contributed by atoms with Crippen molar-refractivity contribution in [3.05, 3.63) is 35.4 Å². The molecule has 0 bridgehead atoms. The average molecular weight is 338 g/mol. The van der Waals surface area contributed by atoms with E-state index in [1.807, 2.05) is 18.2 Å². The molecule has 1 aromatic rings. The van der Waals surface area contributed by atoms with Gasteiger partial charge in [-0.25, -0.2) is 0 Å². The second-order valence-electron chi connectivity index (χ2n) is 6.57. The van der Waals surface area contributed by atoms with Crippen molar-refractivity contribution in [3.63, 3.8) is 0 Å². The van der Waals surface area contributed by atoms with Gasteiger partial charge in [-0.1, -0.05) is 54.9 Å². The monoisotopic (exact) mass is 337 g/mol. The third kappa shape index (κ3) is 3.25. The highest BCUT2D eigenvalue weighted by molar-refractivity contribution is 9.09. The first-order valence-electron chi connectivity index (χ1n) is 7.41. The van der Waals surface area contributed by atoms with E-state index in [2.05, 4.69) is 47.7 Å². The Morgan fingerprint density at radius 2 is 1.95 bits per heavy atom. The Labute approximate surface area is 130 Å². The molecule has 0 atom stereocenters.